The summed E-state index contributed by atoms with van der Waals surface area (Å²) < 4.78 is 61.3. The van der Waals surface area contributed by atoms with E-state index in [2.05, 4.69) is 0 Å². The third-order valence-electron chi connectivity index (χ3n) is 1.51. The maximum Gasteiger partial charge on any atom is 0.422 e. The van der Waals surface area contributed by atoms with Crippen molar-refractivity contribution in [2.75, 3.05) is 5.73 Å². The van der Waals surface area contributed by atoms with Gasteiger partial charge in [0.1, 0.15) is 11.4 Å². The van der Waals surface area contributed by atoms with E-state index in [-0.39, 0.29) is 6.07 Å². The molecule has 0 aliphatic carbocycles. The molecule has 14 heavy (non-hydrogen) atoms. The highest BCUT2D eigenvalue weighted by Crippen LogP contribution is 2.38. The number of benzene rings is 1. The van der Waals surface area contributed by atoms with Crippen LogP contribution in [0.25, 0.3) is 0 Å². The van der Waals surface area contributed by atoms with Crippen LogP contribution in [0.4, 0.5) is 27.6 Å². The molecule has 1 aromatic carbocycles. The number of phenols is 1. The van der Waals surface area contributed by atoms with E-state index in [1.807, 2.05) is 0 Å². The third-order valence-corrected chi connectivity index (χ3v) is 1.51. The highest BCUT2D eigenvalue weighted by Gasteiger charge is 2.39. The molecule has 7 heteroatoms. The van der Waals surface area contributed by atoms with Crippen LogP contribution in [0.15, 0.2) is 6.07 Å². The summed E-state index contributed by atoms with van der Waals surface area (Å²) in [5, 5.41) is 8.71. The monoisotopic (exact) mass is 213 g/mol. The topological polar surface area (TPSA) is 46.2 Å². The van der Waals surface area contributed by atoms with Crippen molar-refractivity contribution in [1.82, 2.24) is 0 Å². The smallest absolute Gasteiger partial charge is 0.422 e. The molecule has 1 aromatic rings. The van der Waals surface area contributed by atoms with Gasteiger partial charge in [-0.3, -0.25) is 0 Å². The van der Waals surface area contributed by atoms with Crippen LogP contribution in [0.1, 0.15) is 5.56 Å². The van der Waals surface area contributed by atoms with Crippen LogP contribution >= 0.6 is 0 Å². The Hall–Kier alpha value is -1.53. The molecule has 0 aliphatic rings. The van der Waals surface area contributed by atoms with E-state index in [4.69, 9.17) is 10.8 Å². The Labute approximate surface area is 74.8 Å². The molecule has 0 saturated carbocycles. The molecule has 0 amide bonds. The molecule has 0 bridgehead atoms. The average molecular weight is 213 g/mol. The second-order valence-electron chi connectivity index (χ2n) is 2.48. The standard InChI is InChI=1S/C7H4F5NO/c8-2-1-3(13)6(14)5(9)4(2)7(10,11)12/h1,14H,13H2. The number of hydrogen-bond acceptors (Lipinski definition) is 2. The summed E-state index contributed by atoms with van der Waals surface area (Å²) >= 11 is 0. The van der Waals surface area contributed by atoms with Crippen molar-refractivity contribution in [1.29, 1.82) is 0 Å². The first-order valence-corrected chi connectivity index (χ1v) is 3.28. The zero-order valence-corrected chi connectivity index (χ0v) is 6.49. The Morgan fingerprint density at radius 2 is 1.71 bits per heavy atom. The number of aromatic hydroxyl groups is 1. The minimum atomic E-state index is -5.21. The molecule has 0 heterocycles. The molecule has 0 aromatic heterocycles. The number of rotatable bonds is 0. The molecule has 0 radical (unpaired) electrons. The van der Waals surface area contributed by atoms with Crippen LogP contribution < -0.4 is 5.73 Å². The van der Waals surface area contributed by atoms with Crippen LogP contribution in [-0.2, 0) is 6.18 Å². The van der Waals surface area contributed by atoms with Crippen LogP contribution in [-0.4, -0.2) is 5.11 Å². The molecule has 0 unspecified atom stereocenters. The largest absolute Gasteiger partial charge is 0.503 e. The summed E-state index contributed by atoms with van der Waals surface area (Å²) in [6.45, 7) is 0. The van der Waals surface area contributed by atoms with Crippen LogP contribution in [0.2, 0.25) is 0 Å². The lowest BCUT2D eigenvalue weighted by molar-refractivity contribution is -0.142. The normalized spacial score (nSPS) is 11.8. The van der Waals surface area contributed by atoms with Crippen molar-refractivity contribution < 1.29 is 27.1 Å². The van der Waals surface area contributed by atoms with Gasteiger partial charge in [0, 0.05) is 6.07 Å². The number of halogens is 5. The lowest BCUT2D eigenvalue weighted by Crippen LogP contribution is -2.12. The predicted molar refractivity (Wildman–Crippen MR) is 37.4 cm³/mol. The van der Waals surface area contributed by atoms with Gasteiger partial charge in [-0.05, 0) is 0 Å². The SMILES string of the molecule is Nc1cc(F)c(C(F)(F)F)c(F)c1O. The zero-order chi connectivity index (χ0) is 11.1. The predicted octanol–water partition coefficient (Wildman–Crippen LogP) is 2.27. The third kappa shape index (κ3) is 1.57. The fraction of sp³-hybridized carbons (Fsp3) is 0.143. The summed E-state index contributed by atoms with van der Waals surface area (Å²) in [5.41, 5.74) is 1.90. The fourth-order valence-corrected chi connectivity index (χ4v) is 0.887. The summed E-state index contributed by atoms with van der Waals surface area (Å²) in [6, 6.07) is 0.210. The van der Waals surface area contributed by atoms with Crippen molar-refractivity contribution in [3.8, 4) is 5.75 Å². The van der Waals surface area contributed by atoms with Gasteiger partial charge < -0.3 is 10.8 Å². The Balaban J connectivity index is 3.53. The minimum Gasteiger partial charge on any atom is -0.503 e. The molecular weight excluding hydrogens is 209 g/mol. The van der Waals surface area contributed by atoms with Crippen LogP contribution in [0.5, 0.6) is 5.75 Å². The molecule has 0 saturated heterocycles. The quantitative estimate of drug-likeness (QED) is 0.394. The Morgan fingerprint density at radius 3 is 2.14 bits per heavy atom. The summed E-state index contributed by atoms with van der Waals surface area (Å²) in [4.78, 5) is 0. The van der Waals surface area contributed by atoms with E-state index in [0.29, 0.717) is 0 Å². The van der Waals surface area contributed by atoms with E-state index in [1.54, 1.807) is 0 Å². The first-order valence-electron chi connectivity index (χ1n) is 3.28. The second-order valence-corrected chi connectivity index (χ2v) is 2.48. The first kappa shape index (κ1) is 10.6. The van der Waals surface area contributed by atoms with Crippen molar-refractivity contribution >= 4 is 5.69 Å². The molecule has 0 aliphatic heterocycles. The maximum atomic E-state index is 12.7. The van der Waals surface area contributed by atoms with Gasteiger partial charge in [0.2, 0.25) is 0 Å². The van der Waals surface area contributed by atoms with E-state index < -0.39 is 34.8 Å². The van der Waals surface area contributed by atoms with Gasteiger partial charge in [0.05, 0.1) is 5.69 Å². The number of nitrogen functional groups attached to an aromatic ring is 1. The number of phenolic OH excluding ortho intramolecular Hbond substituents is 1. The van der Waals surface area contributed by atoms with Gasteiger partial charge in [-0.2, -0.15) is 13.2 Å². The molecule has 2 nitrogen and oxygen atoms in total. The van der Waals surface area contributed by atoms with Gasteiger partial charge in [0.15, 0.2) is 11.6 Å². The van der Waals surface area contributed by atoms with Crippen molar-refractivity contribution in [2.24, 2.45) is 0 Å². The number of nitrogens with two attached hydrogens (primary N) is 1. The van der Waals surface area contributed by atoms with Gasteiger partial charge >= 0.3 is 6.18 Å². The van der Waals surface area contributed by atoms with E-state index in [9.17, 15) is 22.0 Å². The van der Waals surface area contributed by atoms with Crippen molar-refractivity contribution in [3.05, 3.63) is 23.3 Å². The number of anilines is 1. The molecule has 0 fully saturated rings. The summed E-state index contributed by atoms with van der Waals surface area (Å²) in [7, 11) is 0. The lowest BCUT2D eigenvalue weighted by Gasteiger charge is -2.11. The second kappa shape index (κ2) is 3.00. The van der Waals surface area contributed by atoms with Gasteiger partial charge in [-0.1, -0.05) is 0 Å². The summed E-state index contributed by atoms with van der Waals surface area (Å²) in [5.74, 6) is -5.36. The Kier molecular flexibility index (Phi) is 2.26. The van der Waals surface area contributed by atoms with Crippen molar-refractivity contribution in [3.63, 3.8) is 0 Å². The van der Waals surface area contributed by atoms with Gasteiger partial charge in [-0.25, -0.2) is 8.78 Å². The maximum absolute atomic E-state index is 12.7. The zero-order valence-electron chi connectivity index (χ0n) is 6.49. The van der Waals surface area contributed by atoms with Crippen LogP contribution in [0.3, 0.4) is 0 Å². The van der Waals surface area contributed by atoms with Gasteiger partial charge in [-0.15, -0.1) is 0 Å². The first-order chi connectivity index (χ1) is 6.25. The molecule has 3 N–H and O–H groups in total. The molecule has 1 rings (SSSR count). The molecular formula is C7H4F5NO. The van der Waals surface area contributed by atoms with E-state index >= 15 is 0 Å². The van der Waals surface area contributed by atoms with Crippen LogP contribution in [0, 0.1) is 11.6 Å². The average Bonchev–Trinajstić information content (AvgIpc) is 1.97. The van der Waals surface area contributed by atoms with E-state index in [1.165, 1.54) is 0 Å². The number of alkyl halides is 3. The summed E-state index contributed by atoms with van der Waals surface area (Å²) in [6.07, 6.45) is -5.21. The van der Waals surface area contributed by atoms with Crippen molar-refractivity contribution in [2.45, 2.75) is 6.18 Å². The fourth-order valence-electron chi connectivity index (χ4n) is 0.887. The Morgan fingerprint density at radius 1 is 1.21 bits per heavy atom. The minimum absolute atomic E-state index is 0.210. The molecule has 78 valence electrons. The molecule has 0 spiro atoms. The molecule has 0 atom stereocenters. The lowest BCUT2D eigenvalue weighted by atomic mass is 10.1. The number of hydrogen-bond donors (Lipinski definition) is 2. The van der Waals surface area contributed by atoms with Gasteiger partial charge in [0.25, 0.3) is 0 Å². The Bertz CT molecular complexity index is 373. The highest BCUT2D eigenvalue weighted by molar-refractivity contribution is 5.55. The van der Waals surface area contributed by atoms with E-state index in [0.717, 1.165) is 0 Å². The highest BCUT2D eigenvalue weighted by atomic mass is 19.4.